The van der Waals surface area contributed by atoms with Crippen LogP contribution in [0.2, 0.25) is 0 Å². The molecule has 0 aromatic heterocycles. The highest BCUT2D eigenvalue weighted by atomic mass is 16.2. The summed E-state index contributed by atoms with van der Waals surface area (Å²) < 4.78 is 0. The van der Waals surface area contributed by atoms with Gasteiger partial charge >= 0.3 is 0 Å². The molecular formula is C19H28N4O. The number of hydrogen-bond acceptors (Lipinski definition) is 4. The zero-order chi connectivity index (χ0) is 16.7. The van der Waals surface area contributed by atoms with Gasteiger partial charge in [0.15, 0.2) is 0 Å². The predicted molar refractivity (Wildman–Crippen MR) is 96.4 cm³/mol. The van der Waals surface area contributed by atoms with Crippen LogP contribution in [0.5, 0.6) is 0 Å². The first-order chi connectivity index (χ1) is 11.6. The Kier molecular flexibility index (Phi) is 4.22. The average molecular weight is 328 g/mol. The zero-order valence-electron chi connectivity index (χ0n) is 14.8. The molecule has 0 N–H and O–H groups in total. The van der Waals surface area contributed by atoms with Crippen molar-refractivity contribution >= 4 is 11.6 Å². The third kappa shape index (κ3) is 2.80. The van der Waals surface area contributed by atoms with Crippen molar-refractivity contribution in [3.8, 4) is 0 Å². The Labute approximate surface area is 144 Å². The summed E-state index contributed by atoms with van der Waals surface area (Å²) in [4.78, 5) is 22.3. The number of anilines is 1. The number of carbonyl (C=O) groups is 1. The lowest BCUT2D eigenvalue weighted by Crippen LogP contribution is -2.59. The van der Waals surface area contributed by atoms with Gasteiger partial charge in [0.1, 0.15) is 0 Å². The molecule has 5 heteroatoms. The molecule has 1 amide bonds. The number of nitrogens with zero attached hydrogens (tertiary/aromatic N) is 4. The maximum absolute atomic E-state index is 13.0. The molecule has 24 heavy (non-hydrogen) atoms. The van der Waals surface area contributed by atoms with Gasteiger partial charge < -0.3 is 14.7 Å². The molecule has 4 rings (SSSR count). The van der Waals surface area contributed by atoms with Crippen LogP contribution in [0.25, 0.3) is 0 Å². The summed E-state index contributed by atoms with van der Waals surface area (Å²) in [5.41, 5.74) is 2.81. The van der Waals surface area contributed by atoms with Gasteiger partial charge in [0.2, 0.25) is 5.91 Å². The van der Waals surface area contributed by atoms with E-state index in [1.165, 1.54) is 11.3 Å². The number of benzene rings is 1. The van der Waals surface area contributed by atoms with Crippen LogP contribution in [0.4, 0.5) is 5.69 Å². The lowest BCUT2D eigenvalue weighted by Gasteiger charge is -2.42. The summed E-state index contributed by atoms with van der Waals surface area (Å²) in [6.07, 6.45) is 1.07. The lowest BCUT2D eigenvalue weighted by molar-refractivity contribution is -0.137. The van der Waals surface area contributed by atoms with Gasteiger partial charge in [-0.15, -0.1) is 0 Å². The van der Waals surface area contributed by atoms with Gasteiger partial charge in [-0.25, -0.2) is 0 Å². The Morgan fingerprint density at radius 3 is 2.62 bits per heavy atom. The Bertz CT molecular complexity index is 611. The van der Waals surface area contributed by atoms with E-state index in [2.05, 4.69) is 57.8 Å². The average Bonchev–Trinajstić information content (AvgIpc) is 2.99. The van der Waals surface area contributed by atoms with Crippen molar-refractivity contribution in [2.45, 2.75) is 25.4 Å². The predicted octanol–water partition coefficient (Wildman–Crippen LogP) is 0.896. The molecule has 1 unspecified atom stereocenters. The SMILES string of the molecule is CC(C(=O)N1CCN2c3ccccc3C[C@H]2C1)N1CCN(C)CC1. The van der Waals surface area contributed by atoms with Crippen LogP contribution >= 0.6 is 0 Å². The first-order valence-electron chi connectivity index (χ1n) is 9.19. The molecule has 0 bridgehead atoms. The van der Waals surface area contributed by atoms with Crippen LogP contribution in [-0.2, 0) is 11.2 Å². The molecule has 0 radical (unpaired) electrons. The highest BCUT2D eigenvalue weighted by Gasteiger charge is 2.37. The second-order valence-corrected chi connectivity index (χ2v) is 7.48. The van der Waals surface area contributed by atoms with E-state index in [4.69, 9.17) is 0 Å². The van der Waals surface area contributed by atoms with E-state index in [9.17, 15) is 4.79 Å². The van der Waals surface area contributed by atoms with Crippen molar-refractivity contribution in [1.82, 2.24) is 14.7 Å². The molecular weight excluding hydrogens is 300 g/mol. The summed E-state index contributed by atoms with van der Waals surface area (Å²) in [7, 11) is 2.15. The number of fused-ring (bicyclic) bond motifs is 3. The van der Waals surface area contributed by atoms with E-state index in [0.29, 0.717) is 11.9 Å². The third-order valence-corrected chi connectivity index (χ3v) is 5.99. The molecule has 130 valence electrons. The molecule has 2 atom stereocenters. The van der Waals surface area contributed by atoms with E-state index >= 15 is 0 Å². The Hall–Kier alpha value is -1.59. The van der Waals surface area contributed by atoms with Crippen molar-refractivity contribution < 1.29 is 4.79 Å². The summed E-state index contributed by atoms with van der Waals surface area (Å²) in [5.74, 6) is 0.315. The molecule has 3 aliphatic heterocycles. The maximum Gasteiger partial charge on any atom is 0.239 e. The highest BCUT2D eigenvalue weighted by molar-refractivity contribution is 5.82. The van der Waals surface area contributed by atoms with Crippen molar-refractivity contribution in [3.63, 3.8) is 0 Å². The van der Waals surface area contributed by atoms with Gasteiger partial charge in [-0.05, 0) is 32.0 Å². The molecule has 1 aromatic rings. The molecule has 3 aliphatic rings. The molecule has 0 spiro atoms. The first kappa shape index (κ1) is 15.9. The summed E-state index contributed by atoms with van der Waals surface area (Å²) in [5, 5.41) is 0. The standard InChI is InChI=1S/C19H28N4O/c1-15(21-9-7-20(2)8-10-21)19(24)22-11-12-23-17(14-22)13-16-5-3-4-6-18(16)23/h3-6,15,17H,7-14H2,1-2H3/t15?,17-/m0/s1. The fraction of sp³-hybridized carbons (Fsp3) is 0.632. The molecule has 3 heterocycles. The summed E-state index contributed by atoms with van der Waals surface area (Å²) in [6, 6.07) is 9.16. The third-order valence-electron chi connectivity index (χ3n) is 5.99. The summed E-state index contributed by atoms with van der Waals surface area (Å²) in [6.45, 7) is 8.88. The minimum absolute atomic E-state index is 0.00836. The number of carbonyl (C=O) groups excluding carboxylic acids is 1. The Morgan fingerprint density at radius 1 is 1.08 bits per heavy atom. The van der Waals surface area contributed by atoms with Crippen LogP contribution in [0.15, 0.2) is 24.3 Å². The van der Waals surface area contributed by atoms with E-state index in [0.717, 1.165) is 52.2 Å². The van der Waals surface area contributed by atoms with Crippen molar-refractivity contribution in [3.05, 3.63) is 29.8 Å². The van der Waals surface area contributed by atoms with Crippen LogP contribution in [-0.4, -0.2) is 85.6 Å². The zero-order valence-corrected chi connectivity index (χ0v) is 14.8. The lowest BCUT2D eigenvalue weighted by atomic mass is 10.1. The van der Waals surface area contributed by atoms with E-state index in [-0.39, 0.29) is 6.04 Å². The van der Waals surface area contributed by atoms with Crippen molar-refractivity contribution in [1.29, 1.82) is 0 Å². The molecule has 1 aromatic carbocycles. The number of para-hydroxylation sites is 1. The van der Waals surface area contributed by atoms with Crippen LogP contribution in [0, 0.1) is 0 Å². The minimum atomic E-state index is 0.00836. The first-order valence-corrected chi connectivity index (χ1v) is 9.19. The smallest absolute Gasteiger partial charge is 0.239 e. The van der Waals surface area contributed by atoms with Crippen LogP contribution in [0.3, 0.4) is 0 Å². The number of piperazine rings is 2. The molecule has 2 fully saturated rings. The molecule has 0 aliphatic carbocycles. The quantitative estimate of drug-likeness (QED) is 0.807. The highest BCUT2D eigenvalue weighted by Crippen LogP contribution is 2.34. The number of amides is 1. The van der Waals surface area contributed by atoms with Gasteiger partial charge in [-0.2, -0.15) is 0 Å². The van der Waals surface area contributed by atoms with Gasteiger partial charge in [0, 0.05) is 51.5 Å². The van der Waals surface area contributed by atoms with Crippen molar-refractivity contribution in [2.75, 3.05) is 57.8 Å². The van der Waals surface area contributed by atoms with E-state index in [1.54, 1.807) is 0 Å². The monoisotopic (exact) mass is 328 g/mol. The topological polar surface area (TPSA) is 30.0 Å². The Morgan fingerprint density at radius 2 is 1.83 bits per heavy atom. The largest absolute Gasteiger partial charge is 0.364 e. The second-order valence-electron chi connectivity index (χ2n) is 7.48. The van der Waals surface area contributed by atoms with E-state index < -0.39 is 0 Å². The molecule has 5 nitrogen and oxygen atoms in total. The second kappa shape index (κ2) is 6.37. The number of hydrogen-bond donors (Lipinski definition) is 0. The number of rotatable bonds is 2. The van der Waals surface area contributed by atoms with Gasteiger partial charge in [0.25, 0.3) is 0 Å². The van der Waals surface area contributed by atoms with Gasteiger partial charge in [0.05, 0.1) is 12.1 Å². The normalized spacial score (nSPS) is 26.2. The van der Waals surface area contributed by atoms with Crippen LogP contribution < -0.4 is 4.90 Å². The maximum atomic E-state index is 13.0. The van der Waals surface area contributed by atoms with E-state index in [1.807, 2.05) is 0 Å². The number of likely N-dealkylation sites (N-methyl/N-ethyl adjacent to an activating group) is 1. The summed E-state index contributed by atoms with van der Waals surface area (Å²) >= 11 is 0. The van der Waals surface area contributed by atoms with Gasteiger partial charge in [-0.3, -0.25) is 9.69 Å². The van der Waals surface area contributed by atoms with Crippen molar-refractivity contribution in [2.24, 2.45) is 0 Å². The molecule has 2 saturated heterocycles. The fourth-order valence-electron chi connectivity index (χ4n) is 4.39. The minimum Gasteiger partial charge on any atom is -0.364 e. The fourth-order valence-corrected chi connectivity index (χ4v) is 4.39. The van der Waals surface area contributed by atoms with Crippen LogP contribution in [0.1, 0.15) is 12.5 Å². The van der Waals surface area contributed by atoms with Gasteiger partial charge in [-0.1, -0.05) is 18.2 Å². The molecule has 0 saturated carbocycles. The Balaban J connectivity index is 1.39.